The Morgan fingerprint density at radius 1 is 1.44 bits per heavy atom. The number of thioether (sulfide) groups is 1. The fourth-order valence-electron chi connectivity index (χ4n) is 2.92. The van der Waals surface area contributed by atoms with Crippen molar-refractivity contribution in [2.24, 2.45) is 10.8 Å². The highest BCUT2D eigenvalue weighted by molar-refractivity contribution is 8.13. The molecule has 0 aromatic heterocycles. The van der Waals surface area contributed by atoms with E-state index in [1.165, 1.54) is 35.8 Å². The van der Waals surface area contributed by atoms with Crippen LogP contribution in [0, 0.1) is 5.82 Å². The first-order valence-corrected chi connectivity index (χ1v) is 9.99. The molecule has 1 amide bonds. The molecule has 2 aliphatic heterocycles. The highest BCUT2D eigenvalue weighted by Crippen LogP contribution is 2.34. The smallest absolute Gasteiger partial charge is 0.237 e. The SMILES string of the molecule is CN1CCN(C(C(N)=O)C2SC=NN2SCc2cccc(F)c2)CC1. The van der Waals surface area contributed by atoms with Crippen LogP contribution in [0.1, 0.15) is 5.56 Å². The highest BCUT2D eigenvalue weighted by atomic mass is 32.2. The summed E-state index contributed by atoms with van der Waals surface area (Å²) < 4.78 is 15.1. The summed E-state index contributed by atoms with van der Waals surface area (Å²) in [4.78, 5) is 16.5. The topological polar surface area (TPSA) is 65.2 Å². The standard InChI is InChI=1S/C16H22FN5OS2/c1-20-5-7-21(8-6-20)14(15(18)23)16-22(19-11-24-16)25-10-12-3-2-4-13(17)9-12/h2-4,9,11,14,16H,5-8,10H2,1H3,(H2,18,23). The predicted octanol–water partition coefficient (Wildman–Crippen LogP) is 1.39. The van der Waals surface area contributed by atoms with Gasteiger partial charge in [-0.3, -0.25) is 9.69 Å². The lowest BCUT2D eigenvalue weighted by Gasteiger charge is -2.39. The molecule has 2 atom stereocenters. The average molecular weight is 384 g/mol. The molecule has 0 spiro atoms. The maximum Gasteiger partial charge on any atom is 0.237 e. The van der Waals surface area contributed by atoms with Crippen molar-refractivity contribution in [2.45, 2.75) is 17.2 Å². The number of nitrogens with two attached hydrogens (primary N) is 1. The summed E-state index contributed by atoms with van der Waals surface area (Å²) in [5, 5.41) is 4.20. The number of hydrogen-bond donors (Lipinski definition) is 1. The third-order valence-electron chi connectivity index (χ3n) is 4.32. The molecule has 3 rings (SSSR count). The Morgan fingerprint density at radius 3 is 2.88 bits per heavy atom. The molecule has 9 heteroatoms. The Bertz CT molecular complexity index is 639. The summed E-state index contributed by atoms with van der Waals surface area (Å²) in [5.41, 5.74) is 8.35. The number of hydrogen-bond acceptors (Lipinski definition) is 7. The van der Waals surface area contributed by atoms with Gasteiger partial charge >= 0.3 is 0 Å². The number of rotatable bonds is 6. The van der Waals surface area contributed by atoms with Crippen LogP contribution in [0.2, 0.25) is 0 Å². The minimum Gasteiger partial charge on any atom is -0.368 e. The molecule has 136 valence electrons. The van der Waals surface area contributed by atoms with Crippen LogP contribution < -0.4 is 5.73 Å². The zero-order valence-corrected chi connectivity index (χ0v) is 15.7. The Morgan fingerprint density at radius 2 is 2.20 bits per heavy atom. The van der Waals surface area contributed by atoms with Crippen LogP contribution in [0.25, 0.3) is 0 Å². The van der Waals surface area contributed by atoms with E-state index in [1.54, 1.807) is 11.6 Å². The van der Waals surface area contributed by atoms with Crippen molar-refractivity contribution in [3.8, 4) is 0 Å². The van der Waals surface area contributed by atoms with E-state index >= 15 is 0 Å². The summed E-state index contributed by atoms with van der Waals surface area (Å²) in [7, 11) is 2.07. The van der Waals surface area contributed by atoms with Gasteiger partial charge in [0.15, 0.2) is 0 Å². The molecule has 0 saturated carbocycles. The minimum atomic E-state index is -0.402. The number of benzene rings is 1. The van der Waals surface area contributed by atoms with E-state index in [2.05, 4.69) is 21.9 Å². The number of carbonyl (C=O) groups excluding carboxylic acids is 1. The van der Waals surface area contributed by atoms with E-state index in [0.717, 1.165) is 31.7 Å². The number of carbonyl (C=O) groups is 1. The molecule has 25 heavy (non-hydrogen) atoms. The van der Waals surface area contributed by atoms with Crippen LogP contribution in [0.5, 0.6) is 0 Å². The van der Waals surface area contributed by atoms with Gasteiger partial charge in [-0.15, -0.1) is 0 Å². The molecule has 2 unspecified atom stereocenters. The molecule has 2 aliphatic rings. The summed E-state index contributed by atoms with van der Waals surface area (Å²) in [5.74, 6) is 0.00529. The molecule has 6 nitrogen and oxygen atoms in total. The van der Waals surface area contributed by atoms with Crippen molar-refractivity contribution in [1.82, 2.24) is 14.2 Å². The van der Waals surface area contributed by atoms with Gasteiger partial charge in [0.1, 0.15) is 17.2 Å². The molecule has 1 aromatic carbocycles. The highest BCUT2D eigenvalue weighted by Gasteiger charge is 2.39. The molecule has 1 fully saturated rings. The van der Waals surface area contributed by atoms with Crippen molar-refractivity contribution in [3.05, 3.63) is 35.6 Å². The van der Waals surface area contributed by atoms with E-state index in [0.29, 0.717) is 5.75 Å². The van der Waals surface area contributed by atoms with Gasteiger partial charge in [0.05, 0.1) is 5.55 Å². The number of nitrogens with zero attached hydrogens (tertiary/aromatic N) is 4. The van der Waals surface area contributed by atoms with Crippen LogP contribution in [-0.2, 0) is 10.5 Å². The Balaban J connectivity index is 1.65. The van der Waals surface area contributed by atoms with Gasteiger partial charge in [0, 0.05) is 31.9 Å². The van der Waals surface area contributed by atoms with Gasteiger partial charge in [-0.1, -0.05) is 23.9 Å². The lowest BCUT2D eigenvalue weighted by atomic mass is 10.2. The summed E-state index contributed by atoms with van der Waals surface area (Å²) >= 11 is 2.97. The van der Waals surface area contributed by atoms with Crippen LogP contribution in [0.4, 0.5) is 4.39 Å². The lowest BCUT2D eigenvalue weighted by Crippen LogP contribution is -2.58. The second-order valence-corrected chi connectivity index (χ2v) is 8.03. The first kappa shape index (κ1) is 18.5. The molecule has 2 heterocycles. The van der Waals surface area contributed by atoms with Gasteiger partial charge in [-0.25, -0.2) is 8.80 Å². The predicted molar refractivity (Wildman–Crippen MR) is 101 cm³/mol. The zero-order chi connectivity index (χ0) is 17.8. The maximum atomic E-state index is 13.3. The van der Waals surface area contributed by atoms with Crippen LogP contribution in [-0.4, -0.2) is 70.3 Å². The van der Waals surface area contributed by atoms with Crippen molar-refractivity contribution in [3.63, 3.8) is 0 Å². The van der Waals surface area contributed by atoms with E-state index < -0.39 is 6.04 Å². The number of halogens is 1. The number of hydrazone groups is 1. The number of amides is 1. The van der Waals surface area contributed by atoms with E-state index in [1.807, 2.05) is 10.5 Å². The van der Waals surface area contributed by atoms with E-state index in [9.17, 15) is 9.18 Å². The normalized spacial score (nSPS) is 23.1. The third-order valence-corrected chi connectivity index (χ3v) is 6.46. The first-order valence-electron chi connectivity index (χ1n) is 8.11. The van der Waals surface area contributed by atoms with Gasteiger partial charge in [0.2, 0.25) is 5.91 Å². The number of primary amides is 1. The molecule has 1 saturated heterocycles. The Hall–Kier alpha value is -1.29. The third kappa shape index (κ3) is 4.66. The van der Waals surface area contributed by atoms with Gasteiger partial charge in [-0.05, 0) is 36.7 Å². The van der Waals surface area contributed by atoms with E-state index in [-0.39, 0.29) is 17.1 Å². The Labute approximate surface area is 155 Å². The van der Waals surface area contributed by atoms with E-state index in [4.69, 9.17) is 5.73 Å². The quantitative estimate of drug-likeness (QED) is 0.749. The summed E-state index contributed by atoms with van der Waals surface area (Å²) in [6.07, 6.45) is 0. The minimum absolute atomic E-state index is 0.167. The van der Waals surface area contributed by atoms with Crippen molar-refractivity contribution < 1.29 is 9.18 Å². The molecule has 0 aliphatic carbocycles. The summed E-state index contributed by atoms with van der Waals surface area (Å²) in [6, 6.07) is 6.12. The zero-order valence-electron chi connectivity index (χ0n) is 14.0. The van der Waals surface area contributed by atoms with Crippen LogP contribution in [0.3, 0.4) is 0 Å². The average Bonchev–Trinajstić information content (AvgIpc) is 3.03. The number of piperazine rings is 1. The van der Waals surface area contributed by atoms with Crippen molar-refractivity contribution in [2.75, 3.05) is 33.2 Å². The molecular weight excluding hydrogens is 361 g/mol. The number of likely N-dealkylation sites (N-methyl/N-ethyl adjacent to an activating group) is 1. The molecule has 1 aromatic rings. The fourth-order valence-corrected chi connectivity index (χ4v) is 5.05. The second-order valence-electron chi connectivity index (χ2n) is 6.14. The van der Waals surface area contributed by atoms with Crippen LogP contribution >= 0.6 is 23.7 Å². The van der Waals surface area contributed by atoms with Crippen molar-refractivity contribution >= 4 is 35.2 Å². The lowest BCUT2D eigenvalue weighted by molar-refractivity contribution is -0.124. The molecular formula is C16H22FN5OS2. The first-order chi connectivity index (χ1) is 12.0. The monoisotopic (exact) mass is 383 g/mol. The largest absolute Gasteiger partial charge is 0.368 e. The molecule has 0 bridgehead atoms. The van der Waals surface area contributed by atoms with Gasteiger partial charge < -0.3 is 10.6 Å². The van der Waals surface area contributed by atoms with Crippen molar-refractivity contribution in [1.29, 1.82) is 0 Å². The Kier molecular flexibility index (Phi) is 6.21. The molecule has 0 radical (unpaired) electrons. The molecule has 2 N–H and O–H groups in total. The summed E-state index contributed by atoms with van der Waals surface area (Å²) in [6.45, 7) is 3.45. The van der Waals surface area contributed by atoms with Gasteiger partial charge in [-0.2, -0.15) is 5.10 Å². The maximum absolute atomic E-state index is 13.3. The second kappa shape index (κ2) is 8.39. The fraction of sp³-hybridized carbons (Fsp3) is 0.500. The van der Waals surface area contributed by atoms with Crippen LogP contribution in [0.15, 0.2) is 29.4 Å². The van der Waals surface area contributed by atoms with Gasteiger partial charge in [0.25, 0.3) is 0 Å².